The van der Waals surface area contributed by atoms with Crippen LogP contribution < -0.4 is 0 Å². The lowest BCUT2D eigenvalue weighted by Crippen LogP contribution is -2.38. The van der Waals surface area contributed by atoms with Crippen molar-refractivity contribution in [1.82, 2.24) is 24.6 Å². The van der Waals surface area contributed by atoms with Crippen molar-refractivity contribution < 1.29 is 4.79 Å². The smallest absolute Gasteiger partial charge is 0.222 e. The second kappa shape index (κ2) is 8.10. The summed E-state index contributed by atoms with van der Waals surface area (Å²) in [7, 11) is 6.12. The highest BCUT2D eigenvalue weighted by Crippen LogP contribution is 2.27. The predicted molar refractivity (Wildman–Crippen MR) is 99.6 cm³/mol. The molecule has 1 saturated heterocycles. The van der Waals surface area contributed by atoms with E-state index >= 15 is 0 Å². The number of carbonyl (C=O) groups is 1. The quantitative estimate of drug-likeness (QED) is 0.792. The number of rotatable bonds is 6. The van der Waals surface area contributed by atoms with Crippen molar-refractivity contribution in [3.63, 3.8) is 0 Å². The van der Waals surface area contributed by atoms with Crippen molar-refractivity contribution in [1.29, 1.82) is 0 Å². The third-order valence-corrected chi connectivity index (χ3v) is 5.77. The van der Waals surface area contributed by atoms with Gasteiger partial charge < -0.3 is 14.4 Å². The average molecular weight is 362 g/mol. The molecule has 0 unspecified atom stereocenters. The molecule has 0 spiro atoms. The van der Waals surface area contributed by atoms with E-state index < -0.39 is 0 Å². The monoisotopic (exact) mass is 361 g/mol. The van der Waals surface area contributed by atoms with E-state index in [-0.39, 0.29) is 5.91 Å². The fraction of sp³-hybridized carbons (Fsp3) is 0.611. The van der Waals surface area contributed by atoms with Crippen LogP contribution in [0.2, 0.25) is 0 Å². The number of aromatic nitrogens is 3. The van der Waals surface area contributed by atoms with Crippen LogP contribution in [0.4, 0.5) is 0 Å². The van der Waals surface area contributed by atoms with Crippen molar-refractivity contribution in [2.24, 2.45) is 7.05 Å². The van der Waals surface area contributed by atoms with E-state index in [0.29, 0.717) is 12.3 Å². The maximum atomic E-state index is 12.4. The number of aryl methyl sites for hydroxylation is 1. The molecular weight excluding hydrogens is 334 g/mol. The molecule has 6 nitrogen and oxygen atoms in total. The minimum absolute atomic E-state index is 0.276. The van der Waals surface area contributed by atoms with Gasteiger partial charge in [-0.25, -0.2) is 0 Å². The molecule has 0 bridgehead atoms. The topological polar surface area (TPSA) is 54.3 Å². The fourth-order valence-electron chi connectivity index (χ4n) is 3.38. The zero-order valence-electron chi connectivity index (χ0n) is 15.3. The summed E-state index contributed by atoms with van der Waals surface area (Å²) in [6, 6.07) is 4.14. The molecule has 0 N–H and O–H groups in total. The molecule has 1 fully saturated rings. The largest absolute Gasteiger partial charge is 0.343 e. The van der Waals surface area contributed by atoms with Crippen LogP contribution in [0.15, 0.2) is 17.5 Å². The standard InChI is InChI=1S/C18H27N5OS/c1-21(2)13-16-19-20-18(22(16)3)14-8-10-23(11-9-14)17(24)7-6-15-5-4-12-25-15/h4-5,12,14H,6-11,13H2,1-3H3. The number of amides is 1. The summed E-state index contributed by atoms with van der Waals surface area (Å²) in [6.07, 6.45) is 3.41. The van der Waals surface area contributed by atoms with E-state index in [1.807, 2.05) is 32.1 Å². The highest BCUT2D eigenvalue weighted by Gasteiger charge is 2.27. The number of carbonyl (C=O) groups excluding carboxylic acids is 1. The Kier molecular flexibility index (Phi) is 5.86. The Bertz CT molecular complexity index is 686. The van der Waals surface area contributed by atoms with Crippen LogP contribution in [-0.2, 0) is 24.8 Å². The van der Waals surface area contributed by atoms with Gasteiger partial charge in [0.05, 0.1) is 6.54 Å². The van der Waals surface area contributed by atoms with E-state index in [1.54, 1.807) is 11.3 Å². The average Bonchev–Trinajstić information content (AvgIpc) is 3.23. The SMILES string of the molecule is CN(C)Cc1nnc(C2CCN(C(=O)CCc3cccs3)CC2)n1C. The van der Waals surface area contributed by atoms with Crippen molar-refractivity contribution in [3.8, 4) is 0 Å². The Labute approximate surface area is 153 Å². The van der Waals surface area contributed by atoms with Crippen molar-refractivity contribution in [2.45, 2.75) is 38.1 Å². The first-order chi connectivity index (χ1) is 12.0. The van der Waals surface area contributed by atoms with E-state index in [4.69, 9.17) is 0 Å². The first-order valence-corrected chi connectivity index (χ1v) is 9.75. The van der Waals surface area contributed by atoms with Gasteiger partial charge >= 0.3 is 0 Å². The molecule has 1 aliphatic heterocycles. The molecule has 0 saturated carbocycles. The number of hydrogen-bond donors (Lipinski definition) is 0. The number of nitrogens with zero attached hydrogens (tertiary/aromatic N) is 5. The van der Waals surface area contributed by atoms with Gasteiger partial charge in [0, 0.05) is 37.4 Å². The highest BCUT2D eigenvalue weighted by molar-refractivity contribution is 7.09. The minimum Gasteiger partial charge on any atom is -0.343 e. The van der Waals surface area contributed by atoms with E-state index in [1.165, 1.54) is 4.88 Å². The third-order valence-electron chi connectivity index (χ3n) is 4.83. The zero-order valence-corrected chi connectivity index (χ0v) is 16.1. The van der Waals surface area contributed by atoms with E-state index in [9.17, 15) is 4.79 Å². The Hall–Kier alpha value is -1.73. The summed E-state index contributed by atoms with van der Waals surface area (Å²) >= 11 is 1.73. The summed E-state index contributed by atoms with van der Waals surface area (Å²) in [6.45, 7) is 2.44. The van der Waals surface area contributed by atoms with Gasteiger partial charge in [-0.3, -0.25) is 4.79 Å². The molecule has 1 amide bonds. The Morgan fingerprint density at radius 2 is 2.08 bits per heavy atom. The maximum Gasteiger partial charge on any atom is 0.222 e. The first kappa shape index (κ1) is 18.1. The van der Waals surface area contributed by atoms with Crippen LogP contribution in [0.1, 0.15) is 41.7 Å². The molecule has 2 aromatic heterocycles. The van der Waals surface area contributed by atoms with Crippen LogP contribution in [0, 0.1) is 0 Å². The summed E-state index contributed by atoms with van der Waals surface area (Å²) < 4.78 is 2.12. The van der Waals surface area contributed by atoms with Crippen LogP contribution in [-0.4, -0.2) is 57.7 Å². The van der Waals surface area contributed by atoms with Gasteiger partial charge in [0.15, 0.2) is 0 Å². The summed E-state index contributed by atoms with van der Waals surface area (Å²) in [5, 5.41) is 10.8. The van der Waals surface area contributed by atoms with Gasteiger partial charge in [-0.15, -0.1) is 21.5 Å². The molecular formula is C18H27N5OS. The molecule has 0 aliphatic carbocycles. The minimum atomic E-state index is 0.276. The molecule has 0 aromatic carbocycles. The zero-order chi connectivity index (χ0) is 17.8. The molecule has 3 rings (SSSR count). The second-order valence-electron chi connectivity index (χ2n) is 7.01. The molecule has 0 radical (unpaired) electrons. The normalized spacial score (nSPS) is 15.9. The lowest BCUT2D eigenvalue weighted by molar-refractivity contribution is -0.132. The van der Waals surface area contributed by atoms with Crippen molar-refractivity contribution >= 4 is 17.2 Å². The van der Waals surface area contributed by atoms with Crippen molar-refractivity contribution in [2.75, 3.05) is 27.2 Å². The molecule has 136 valence electrons. The number of likely N-dealkylation sites (tertiary alicyclic amines) is 1. The van der Waals surface area contributed by atoms with Gasteiger partial charge in [-0.2, -0.15) is 0 Å². The molecule has 3 heterocycles. The number of thiophene rings is 1. The Balaban J connectivity index is 1.51. The Morgan fingerprint density at radius 3 is 2.72 bits per heavy atom. The first-order valence-electron chi connectivity index (χ1n) is 8.87. The van der Waals surface area contributed by atoms with Gasteiger partial charge in [0.1, 0.15) is 11.6 Å². The van der Waals surface area contributed by atoms with Gasteiger partial charge in [0.25, 0.3) is 0 Å². The van der Waals surface area contributed by atoms with E-state index in [2.05, 4.69) is 31.1 Å². The fourth-order valence-corrected chi connectivity index (χ4v) is 4.09. The maximum absolute atomic E-state index is 12.4. The Morgan fingerprint density at radius 1 is 1.32 bits per heavy atom. The van der Waals surface area contributed by atoms with Gasteiger partial charge in [-0.1, -0.05) is 6.07 Å². The molecule has 25 heavy (non-hydrogen) atoms. The molecule has 1 aliphatic rings. The van der Waals surface area contributed by atoms with Crippen LogP contribution in [0.3, 0.4) is 0 Å². The number of hydrogen-bond acceptors (Lipinski definition) is 5. The molecule has 2 aromatic rings. The number of piperidine rings is 1. The van der Waals surface area contributed by atoms with Crippen LogP contribution in [0.5, 0.6) is 0 Å². The summed E-state index contributed by atoms with van der Waals surface area (Å²) in [5.41, 5.74) is 0. The summed E-state index contributed by atoms with van der Waals surface area (Å²) in [5.74, 6) is 2.73. The lowest BCUT2D eigenvalue weighted by Gasteiger charge is -2.31. The van der Waals surface area contributed by atoms with Crippen LogP contribution in [0.25, 0.3) is 0 Å². The lowest BCUT2D eigenvalue weighted by atomic mass is 9.95. The van der Waals surface area contributed by atoms with E-state index in [0.717, 1.165) is 50.5 Å². The predicted octanol–water partition coefficient (Wildman–Crippen LogP) is 2.28. The van der Waals surface area contributed by atoms with Crippen LogP contribution >= 0.6 is 11.3 Å². The second-order valence-corrected chi connectivity index (χ2v) is 8.04. The molecule has 7 heteroatoms. The van der Waals surface area contributed by atoms with Crippen molar-refractivity contribution in [3.05, 3.63) is 34.0 Å². The third kappa shape index (κ3) is 4.46. The molecule has 0 atom stereocenters. The van der Waals surface area contributed by atoms with Gasteiger partial charge in [-0.05, 0) is 44.8 Å². The van der Waals surface area contributed by atoms with Gasteiger partial charge in [0.2, 0.25) is 5.91 Å². The summed E-state index contributed by atoms with van der Waals surface area (Å²) in [4.78, 5) is 17.8. The highest BCUT2D eigenvalue weighted by atomic mass is 32.1.